The Morgan fingerprint density at radius 1 is 1.05 bits per heavy atom. The molecule has 0 saturated heterocycles. The van der Waals surface area contributed by atoms with Gasteiger partial charge < -0.3 is 16.2 Å². The van der Waals surface area contributed by atoms with E-state index >= 15 is 0 Å². The Morgan fingerprint density at radius 2 is 1.65 bits per heavy atom. The molecule has 0 saturated carbocycles. The van der Waals surface area contributed by atoms with Crippen LogP contribution in [0.5, 0.6) is 0 Å². The molecule has 0 radical (unpaired) electrons. The summed E-state index contributed by atoms with van der Waals surface area (Å²) in [5.41, 5.74) is 7.87. The first-order valence-corrected chi connectivity index (χ1v) is 6.58. The molecule has 20 heavy (non-hydrogen) atoms. The summed E-state index contributed by atoms with van der Waals surface area (Å²) in [7, 11) is 0. The van der Waals surface area contributed by atoms with E-state index in [1.54, 1.807) is 0 Å². The van der Waals surface area contributed by atoms with Crippen molar-refractivity contribution in [3.8, 4) is 0 Å². The van der Waals surface area contributed by atoms with Crippen LogP contribution >= 0.6 is 0 Å². The second kappa shape index (κ2) is 7.31. The van der Waals surface area contributed by atoms with Gasteiger partial charge in [0.05, 0.1) is 12.6 Å². The molecule has 2 rings (SSSR count). The van der Waals surface area contributed by atoms with Crippen LogP contribution in [0, 0.1) is 0 Å². The van der Waals surface area contributed by atoms with Crippen molar-refractivity contribution in [3.05, 3.63) is 66.2 Å². The normalized spacial score (nSPS) is 12.9. The number of nitrogens with one attached hydrogen (secondary N) is 1. The van der Waals surface area contributed by atoms with Crippen LogP contribution < -0.4 is 11.1 Å². The van der Waals surface area contributed by atoms with Crippen molar-refractivity contribution in [2.75, 3.05) is 11.9 Å². The molecule has 104 valence electrons. The Balaban J connectivity index is 1.99. The van der Waals surface area contributed by atoms with Crippen LogP contribution in [0.3, 0.4) is 0 Å². The van der Waals surface area contributed by atoms with Crippen molar-refractivity contribution in [2.24, 2.45) is 10.7 Å². The average Bonchev–Trinajstić information content (AvgIpc) is 2.48. The Hall–Kier alpha value is -2.33. The number of rotatable bonds is 5. The summed E-state index contributed by atoms with van der Waals surface area (Å²) < 4.78 is 0. The lowest BCUT2D eigenvalue weighted by atomic mass is 10.1. The van der Waals surface area contributed by atoms with Gasteiger partial charge in [0.1, 0.15) is 0 Å². The zero-order valence-corrected chi connectivity index (χ0v) is 11.2. The molecule has 1 atom stereocenters. The zero-order chi connectivity index (χ0) is 14.2. The van der Waals surface area contributed by atoms with Gasteiger partial charge in [-0.1, -0.05) is 48.5 Å². The minimum absolute atomic E-state index is 0.0357. The largest absolute Gasteiger partial charge is 0.394 e. The van der Waals surface area contributed by atoms with Crippen molar-refractivity contribution >= 4 is 11.6 Å². The van der Waals surface area contributed by atoms with Gasteiger partial charge in [0.15, 0.2) is 5.96 Å². The lowest BCUT2D eigenvalue weighted by Gasteiger charge is -2.12. The summed E-state index contributed by atoms with van der Waals surface area (Å²) in [6, 6.07) is 19.3. The second-order valence-corrected chi connectivity index (χ2v) is 4.53. The first-order chi connectivity index (χ1) is 9.78. The van der Waals surface area contributed by atoms with Crippen LogP contribution in [0.15, 0.2) is 65.7 Å². The lowest BCUT2D eigenvalue weighted by molar-refractivity contribution is 0.266. The van der Waals surface area contributed by atoms with E-state index < -0.39 is 0 Å². The Bertz CT molecular complexity index is 540. The fourth-order valence-corrected chi connectivity index (χ4v) is 1.94. The van der Waals surface area contributed by atoms with Gasteiger partial charge >= 0.3 is 0 Å². The summed E-state index contributed by atoms with van der Waals surface area (Å²) in [6.45, 7) is -0.0357. The van der Waals surface area contributed by atoms with Gasteiger partial charge in [-0.3, -0.25) is 0 Å². The highest BCUT2D eigenvalue weighted by Crippen LogP contribution is 2.07. The first-order valence-electron chi connectivity index (χ1n) is 6.58. The summed E-state index contributed by atoms with van der Waals surface area (Å²) in [5, 5.41) is 12.4. The van der Waals surface area contributed by atoms with Crippen LogP contribution in [0.1, 0.15) is 5.56 Å². The van der Waals surface area contributed by atoms with Crippen LogP contribution in [0.2, 0.25) is 0 Å². The molecule has 0 aliphatic heterocycles. The molecule has 2 aromatic rings. The van der Waals surface area contributed by atoms with E-state index in [0.29, 0.717) is 12.4 Å². The number of aliphatic hydroxyl groups excluding tert-OH is 1. The standard InChI is InChI=1S/C16H19N3O/c17-16(18-14-9-5-2-6-10-14)19-15(12-20)11-13-7-3-1-4-8-13/h1-10,15,20H,11-12H2,(H3,17,18,19). The number of hydrogen-bond donors (Lipinski definition) is 3. The van der Waals surface area contributed by atoms with Crippen LogP contribution in [0.25, 0.3) is 0 Å². The number of benzene rings is 2. The molecule has 0 fully saturated rings. The van der Waals surface area contributed by atoms with Crippen LogP contribution in [-0.2, 0) is 6.42 Å². The van der Waals surface area contributed by atoms with Gasteiger partial charge in [-0.05, 0) is 24.1 Å². The summed E-state index contributed by atoms with van der Waals surface area (Å²) in [5.74, 6) is 0.311. The van der Waals surface area contributed by atoms with Crippen molar-refractivity contribution < 1.29 is 5.11 Å². The SMILES string of the molecule is NC(=NC(CO)Cc1ccccc1)Nc1ccccc1. The van der Waals surface area contributed by atoms with Gasteiger partial charge in [-0.25, -0.2) is 4.99 Å². The maximum Gasteiger partial charge on any atom is 0.193 e. The number of nitrogens with zero attached hydrogens (tertiary/aromatic N) is 1. The number of aliphatic imine (C=N–C) groups is 1. The minimum Gasteiger partial charge on any atom is -0.394 e. The maximum absolute atomic E-state index is 9.41. The molecule has 0 aliphatic rings. The van der Waals surface area contributed by atoms with Crippen molar-refractivity contribution in [2.45, 2.75) is 12.5 Å². The number of anilines is 1. The van der Waals surface area contributed by atoms with E-state index in [2.05, 4.69) is 10.3 Å². The quantitative estimate of drug-likeness (QED) is 0.574. The minimum atomic E-state index is -0.242. The maximum atomic E-state index is 9.41. The van der Waals surface area contributed by atoms with E-state index in [1.165, 1.54) is 0 Å². The predicted molar refractivity (Wildman–Crippen MR) is 82.7 cm³/mol. The Labute approximate surface area is 119 Å². The highest BCUT2D eigenvalue weighted by Gasteiger charge is 2.07. The lowest BCUT2D eigenvalue weighted by Crippen LogP contribution is -2.27. The number of para-hydroxylation sites is 1. The average molecular weight is 269 g/mol. The number of nitrogens with two attached hydrogens (primary N) is 1. The molecular weight excluding hydrogens is 250 g/mol. The molecule has 0 heterocycles. The molecule has 4 nitrogen and oxygen atoms in total. The van der Waals surface area contributed by atoms with E-state index in [9.17, 15) is 5.11 Å². The fourth-order valence-electron chi connectivity index (χ4n) is 1.94. The molecule has 0 aliphatic carbocycles. The van der Waals surface area contributed by atoms with Gasteiger partial charge in [0.2, 0.25) is 0 Å². The third-order valence-electron chi connectivity index (χ3n) is 2.89. The molecule has 0 aromatic heterocycles. The third-order valence-corrected chi connectivity index (χ3v) is 2.89. The number of aliphatic hydroxyl groups is 1. The van der Waals surface area contributed by atoms with E-state index in [0.717, 1.165) is 11.3 Å². The third kappa shape index (κ3) is 4.40. The van der Waals surface area contributed by atoms with Crippen molar-refractivity contribution in [1.29, 1.82) is 0 Å². The molecule has 0 amide bonds. The highest BCUT2D eigenvalue weighted by atomic mass is 16.3. The predicted octanol–water partition coefficient (Wildman–Crippen LogP) is 2.02. The molecule has 0 bridgehead atoms. The highest BCUT2D eigenvalue weighted by molar-refractivity contribution is 5.92. The molecule has 2 aromatic carbocycles. The smallest absolute Gasteiger partial charge is 0.193 e. The van der Waals surface area contributed by atoms with Crippen LogP contribution in [0.4, 0.5) is 5.69 Å². The monoisotopic (exact) mass is 269 g/mol. The van der Waals surface area contributed by atoms with E-state index in [4.69, 9.17) is 5.73 Å². The molecule has 0 spiro atoms. The summed E-state index contributed by atoms with van der Waals surface area (Å²) in [6.07, 6.45) is 0.661. The Kier molecular flexibility index (Phi) is 5.15. The number of guanidine groups is 1. The molecule has 1 unspecified atom stereocenters. The van der Waals surface area contributed by atoms with Crippen molar-refractivity contribution in [3.63, 3.8) is 0 Å². The van der Waals surface area contributed by atoms with E-state index in [1.807, 2.05) is 60.7 Å². The Morgan fingerprint density at radius 3 is 2.25 bits per heavy atom. The fraction of sp³-hybridized carbons (Fsp3) is 0.188. The summed E-state index contributed by atoms with van der Waals surface area (Å²) in [4.78, 5) is 4.32. The molecule has 4 N–H and O–H groups in total. The summed E-state index contributed by atoms with van der Waals surface area (Å²) >= 11 is 0. The zero-order valence-electron chi connectivity index (χ0n) is 11.2. The van der Waals surface area contributed by atoms with E-state index in [-0.39, 0.29) is 12.6 Å². The van der Waals surface area contributed by atoms with Gasteiger partial charge in [-0.2, -0.15) is 0 Å². The molecule has 4 heteroatoms. The number of hydrogen-bond acceptors (Lipinski definition) is 2. The van der Waals surface area contributed by atoms with Crippen molar-refractivity contribution in [1.82, 2.24) is 0 Å². The van der Waals surface area contributed by atoms with Gasteiger partial charge in [-0.15, -0.1) is 0 Å². The van der Waals surface area contributed by atoms with Crippen LogP contribution in [-0.4, -0.2) is 23.7 Å². The van der Waals surface area contributed by atoms with Gasteiger partial charge in [0, 0.05) is 5.69 Å². The second-order valence-electron chi connectivity index (χ2n) is 4.53. The topological polar surface area (TPSA) is 70.6 Å². The first kappa shape index (κ1) is 14.1. The van der Waals surface area contributed by atoms with Gasteiger partial charge in [0.25, 0.3) is 0 Å². The molecular formula is C16H19N3O.